The zero-order valence-electron chi connectivity index (χ0n) is 16.1. The number of amides is 1. The summed E-state index contributed by atoms with van der Waals surface area (Å²) in [5.41, 5.74) is 2.28. The van der Waals surface area contributed by atoms with Crippen molar-refractivity contribution in [1.82, 2.24) is 19.9 Å². The summed E-state index contributed by atoms with van der Waals surface area (Å²) in [7, 11) is 2.85. The van der Waals surface area contributed by atoms with E-state index in [2.05, 4.69) is 20.9 Å². The van der Waals surface area contributed by atoms with Gasteiger partial charge in [-0.15, -0.1) is 0 Å². The Kier molecular flexibility index (Phi) is 4.99. The predicted octanol–water partition coefficient (Wildman–Crippen LogP) is 1.55. The molecule has 2 aliphatic heterocycles. The van der Waals surface area contributed by atoms with Gasteiger partial charge in [-0.1, -0.05) is 12.1 Å². The number of hydroxylamine groups is 2. The maximum Gasteiger partial charge on any atom is 0.311 e. The minimum Gasteiger partial charge on any atom is -0.469 e. The number of esters is 1. The number of ether oxygens (including phenoxy) is 1. The zero-order valence-corrected chi connectivity index (χ0v) is 16.1. The fourth-order valence-electron chi connectivity index (χ4n) is 4.64. The van der Waals surface area contributed by atoms with Gasteiger partial charge in [0.05, 0.1) is 36.7 Å². The standard InChI is InChI=1S/C20H24N4O4/c1-27-19(26)15-12-17(25)24(28-2)20(15)6-10-23(11-7-20)13-14-4-3-5-16-18(14)22-9-8-21-16/h3-5,8-9,15H,6-7,10-13H2,1-2H3. The monoisotopic (exact) mass is 384 g/mol. The van der Waals surface area contributed by atoms with Crippen molar-refractivity contribution in [1.29, 1.82) is 0 Å². The number of piperidine rings is 1. The molecule has 2 aromatic rings. The molecule has 4 rings (SSSR count). The number of nitrogens with zero attached hydrogens (tertiary/aromatic N) is 4. The van der Waals surface area contributed by atoms with Crippen molar-refractivity contribution in [3.63, 3.8) is 0 Å². The van der Waals surface area contributed by atoms with Crippen LogP contribution in [0, 0.1) is 5.92 Å². The summed E-state index contributed by atoms with van der Waals surface area (Å²) in [5, 5.41) is 1.41. The summed E-state index contributed by atoms with van der Waals surface area (Å²) >= 11 is 0. The number of aromatic nitrogens is 2. The van der Waals surface area contributed by atoms with Crippen LogP contribution in [-0.2, 0) is 25.7 Å². The lowest BCUT2D eigenvalue weighted by Crippen LogP contribution is -2.57. The highest BCUT2D eigenvalue weighted by atomic mass is 16.7. The van der Waals surface area contributed by atoms with Gasteiger partial charge in [0.15, 0.2) is 0 Å². The van der Waals surface area contributed by atoms with Crippen molar-refractivity contribution >= 4 is 22.9 Å². The number of carbonyl (C=O) groups is 2. The van der Waals surface area contributed by atoms with E-state index < -0.39 is 11.5 Å². The van der Waals surface area contributed by atoms with E-state index in [4.69, 9.17) is 9.57 Å². The van der Waals surface area contributed by atoms with Crippen molar-refractivity contribution in [3.05, 3.63) is 36.2 Å². The first-order valence-electron chi connectivity index (χ1n) is 9.45. The highest BCUT2D eigenvalue weighted by Gasteiger charge is 2.58. The summed E-state index contributed by atoms with van der Waals surface area (Å²) < 4.78 is 4.97. The second kappa shape index (κ2) is 7.44. The number of para-hydroxylation sites is 1. The SMILES string of the molecule is COC(=O)C1CC(=O)N(OC)C12CCN(Cc1cccc3nccnc13)CC2. The highest BCUT2D eigenvalue weighted by Crippen LogP contribution is 2.44. The van der Waals surface area contributed by atoms with Gasteiger partial charge < -0.3 is 4.74 Å². The van der Waals surface area contributed by atoms with E-state index in [1.54, 1.807) is 12.4 Å². The van der Waals surface area contributed by atoms with Crippen LogP contribution in [0.15, 0.2) is 30.6 Å². The fraction of sp³-hybridized carbons (Fsp3) is 0.500. The topological polar surface area (TPSA) is 84.9 Å². The number of likely N-dealkylation sites (tertiary alicyclic amines) is 1. The summed E-state index contributed by atoms with van der Waals surface area (Å²) in [5.74, 6) is -0.989. The van der Waals surface area contributed by atoms with E-state index in [0.717, 1.165) is 36.2 Å². The average molecular weight is 384 g/mol. The Hall–Kier alpha value is -2.58. The number of fused-ring (bicyclic) bond motifs is 1. The Morgan fingerprint density at radius 3 is 2.68 bits per heavy atom. The normalized spacial score (nSPS) is 22.1. The van der Waals surface area contributed by atoms with Gasteiger partial charge in [0.25, 0.3) is 0 Å². The van der Waals surface area contributed by atoms with Gasteiger partial charge in [-0.05, 0) is 24.5 Å². The van der Waals surface area contributed by atoms with Gasteiger partial charge in [-0.25, -0.2) is 5.06 Å². The molecule has 2 saturated heterocycles. The first kappa shape index (κ1) is 18.8. The van der Waals surface area contributed by atoms with Crippen molar-refractivity contribution in [2.24, 2.45) is 5.92 Å². The zero-order chi connectivity index (χ0) is 19.7. The quantitative estimate of drug-likeness (QED) is 0.740. The molecule has 8 nitrogen and oxygen atoms in total. The van der Waals surface area contributed by atoms with Crippen LogP contribution in [-0.4, -0.2) is 64.7 Å². The van der Waals surface area contributed by atoms with E-state index in [1.165, 1.54) is 19.3 Å². The predicted molar refractivity (Wildman–Crippen MR) is 101 cm³/mol. The average Bonchev–Trinajstić information content (AvgIpc) is 3.00. The molecule has 2 fully saturated rings. The molecule has 0 radical (unpaired) electrons. The molecular formula is C20H24N4O4. The Balaban J connectivity index is 1.53. The number of hydrogen-bond acceptors (Lipinski definition) is 7. The summed E-state index contributed by atoms with van der Waals surface area (Å²) in [6.45, 7) is 2.24. The summed E-state index contributed by atoms with van der Waals surface area (Å²) in [6.07, 6.45) is 4.85. The van der Waals surface area contributed by atoms with E-state index in [1.807, 2.05) is 12.1 Å². The number of rotatable bonds is 4. The molecule has 1 amide bonds. The maximum absolute atomic E-state index is 12.4. The minimum atomic E-state index is -0.631. The first-order valence-corrected chi connectivity index (χ1v) is 9.45. The lowest BCUT2D eigenvalue weighted by atomic mass is 9.77. The molecule has 0 bridgehead atoms. The fourth-order valence-corrected chi connectivity index (χ4v) is 4.64. The molecule has 0 saturated carbocycles. The molecule has 1 atom stereocenters. The van der Waals surface area contributed by atoms with Gasteiger partial charge >= 0.3 is 5.97 Å². The molecule has 0 N–H and O–H groups in total. The molecule has 28 heavy (non-hydrogen) atoms. The van der Waals surface area contributed by atoms with Crippen LogP contribution >= 0.6 is 0 Å². The van der Waals surface area contributed by atoms with Crippen molar-refractivity contribution < 1.29 is 19.2 Å². The number of methoxy groups -OCH3 is 1. The number of benzene rings is 1. The van der Waals surface area contributed by atoms with Crippen LogP contribution in [0.3, 0.4) is 0 Å². The van der Waals surface area contributed by atoms with Gasteiger partial charge in [0.1, 0.15) is 0 Å². The van der Waals surface area contributed by atoms with E-state index in [0.29, 0.717) is 12.8 Å². The largest absolute Gasteiger partial charge is 0.469 e. The smallest absolute Gasteiger partial charge is 0.311 e. The van der Waals surface area contributed by atoms with Crippen LogP contribution in [0.4, 0.5) is 0 Å². The second-order valence-corrected chi connectivity index (χ2v) is 7.37. The van der Waals surface area contributed by atoms with Gasteiger partial charge in [-0.3, -0.25) is 29.3 Å². The van der Waals surface area contributed by atoms with Crippen LogP contribution in [0.2, 0.25) is 0 Å². The Morgan fingerprint density at radius 1 is 1.21 bits per heavy atom. The Bertz CT molecular complexity index is 887. The highest BCUT2D eigenvalue weighted by molar-refractivity contribution is 5.88. The molecule has 1 aromatic heterocycles. The Labute approximate surface area is 163 Å². The first-order chi connectivity index (χ1) is 13.6. The molecule has 1 spiro atoms. The second-order valence-electron chi connectivity index (χ2n) is 7.37. The number of hydrogen-bond donors (Lipinski definition) is 0. The summed E-state index contributed by atoms with van der Waals surface area (Å²) in [4.78, 5) is 41.3. The molecule has 3 heterocycles. The molecule has 1 unspecified atom stereocenters. The third kappa shape index (κ3) is 3.02. The van der Waals surface area contributed by atoms with Gasteiger partial charge in [0, 0.05) is 38.4 Å². The molecule has 2 aliphatic rings. The third-order valence-corrected chi connectivity index (χ3v) is 6.02. The van der Waals surface area contributed by atoms with Gasteiger partial charge in [-0.2, -0.15) is 0 Å². The van der Waals surface area contributed by atoms with E-state index in [-0.39, 0.29) is 18.3 Å². The van der Waals surface area contributed by atoms with Gasteiger partial charge in [0.2, 0.25) is 5.91 Å². The van der Waals surface area contributed by atoms with Crippen molar-refractivity contribution in [2.45, 2.75) is 31.3 Å². The van der Waals surface area contributed by atoms with Crippen molar-refractivity contribution in [2.75, 3.05) is 27.3 Å². The lowest BCUT2D eigenvalue weighted by molar-refractivity contribution is -0.210. The van der Waals surface area contributed by atoms with Crippen LogP contribution < -0.4 is 0 Å². The summed E-state index contributed by atoms with van der Waals surface area (Å²) in [6, 6.07) is 6.02. The molecular weight excluding hydrogens is 360 g/mol. The van der Waals surface area contributed by atoms with Crippen molar-refractivity contribution in [3.8, 4) is 0 Å². The van der Waals surface area contributed by atoms with E-state index >= 15 is 0 Å². The lowest BCUT2D eigenvalue weighted by Gasteiger charge is -2.45. The van der Waals surface area contributed by atoms with Crippen LogP contribution in [0.5, 0.6) is 0 Å². The molecule has 1 aromatic carbocycles. The van der Waals surface area contributed by atoms with Crippen LogP contribution in [0.1, 0.15) is 24.8 Å². The molecule has 148 valence electrons. The maximum atomic E-state index is 12.4. The Morgan fingerprint density at radius 2 is 1.96 bits per heavy atom. The molecule has 8 heteroatoms. The molecule has 0 aliphatic carbocycles. The number of carbonyl (C=O) groups excluding carboxylic acids is 2. The third-order valence-electron chi connectivity index (χ3n) is 6.02. The van der Waals surface area contributed by atoms with Crippen LogP contribution in [0.25, 0.3) is 11.0 Å². The van der Waals surface area contributed by atoms with E-state index in [9.17, 15) is 9.59 Å². The minimum absolute atomic E-state index is 0.138.